The van der Waals surface area contributed by atoms with Crippen molar-refractivity contribution >= 4 is 5.69 Å². The van der Waals surface area contributed by atoms with Crippen molar-refractivity contribution in [1.82, 2.24) is 4.90 Å². The quantitative estimate of drug-likeness (QED) is 0.829. The Kier molecular flexibility index (Phi) is 4.09. The molecule has 0 saturated carbocycles. The summed E-state index contributed by atoms with van der Waals surface area (Å²) in [5, 5.41) is 0. The molecule has 1 fully saturated rings. The molecule has 1 saturated heterocycles. The number of rotatable bonds is 4. The number of nitrogen functional groups attached to an aromatic ring is 1. The van der Waals surface area contributed by atoms with Crippen LogP contribution in [-0.2, 0) is 11.3 Å². The lowest BCUT2D eigenvalue weighted by atomic mass is 10.1. The Morgan fingerprint density at radius 3 is 2.89 bits per heavy atom. The highest BCUT2D eigenvalue weighted by molar-refractivity contribution is 5.47. The molecule has 1 aromatic rings. The van der Waals surface area contributed by atoms with E-state index < -0.39 is 0 Å². The number of hydrogen-bond acceptors (Lipinski definition) is 4. The van der Waals surface area contributed by atoms with Crippen LogP contribution in [0.15, 0.2) is 18.2 Å². The van der Waals surface area contributed by atoms with Crippen LogP contribution in [0, 0.1) is 0 Å². The zero-order chi connectivity index (χ0) is 13.1. The largest absolute Gasteiger partial charge is 0.496 e. The molecule has 0 bridgehead atoms. The molecule has 1 aromatic carbocycles. The van der Waals surface area contributed by atoms with Gasteiger partial charge in [0.2, 0.25) is 0 Å². The monoisotopic (exact) mass is 250 g/mol. The maximum atomic E-state index is 5.84. The molecule has 0 spiro atoms. The first-order valence-corrected chi connectivity index (χ1v) is 6.36. The Hall–Kier alpha value is -1.26. The van der Waals surface area contributed by atoms with Crippen LogP contribution in [0.1, 0.15) is 18.9 Å². The fraction of sp³-hybridized carbons (Fsp3) is 0.571. The average molecular weight is 250 g/mol. The molecule has 18 heavy (non-hydrogen) atoms. The summed E-state index contributed by atoms with van der Waals surface area (Å²) in [6.07, 6.45) is 1.38. The summed E-state index contributed by atoms with van der Waals surface area (Å²) in [7, 11) is 3.81. The van der Waals surface area contributed by atoms with E-state index in [0.717, 1.165) is 36.6 Å². The molecule has 0 radical (unpaired) electrons. The van der Waals surface area contributed by atoms with Gasteiger partial charge in [0.15, 0.2) is 0 Å². The number of likely N-dealkylation sites (N-methyl/N-ethyl adjacent to an activating group) is 1. The standard InChI is InChI=1S/C14H22N2O2/c1-10-13(6-7-18-10)16(2)9-11-8-12(15)4-5-14(11)17-3/h4-5,8,10,13H,6-7,9,15H2,1-3H3. The minimum Gasteiger partial charge on any atom is -0.496 e. The smallest absolute Gasteiger partial charge is 0.123 e. The van der Waals surface area contributed by atoms with Gasteiger partial charge >= 0.3 is 0 Å². The molecule has 1 heterocycles. The van der Waals surface area contributed by atoms with Crippen LogP contribution in [0.2, 0.25) is 0 Å². The lowest BCUT2D eigenvalue weighted by molar-refractivity contribution is 0.0812. The summed E-state index contributed by atoms with van der Waals surface area (Å²) < 4.78 is 11.0. The first kappa shape index (κ1) is 13.2. The number of anilines is 1. The molecule has 0 aliphatic carbocycles. The summed E-state index contributed by atoms with van der Waals surface area (Å²) in [6, 6.07) is 6.24. The van der Waals surface area contributed by atoms with Gasteiger partial charge in [0, 0.05) is 30.4 Å². The Bertz CT molecular complexity index is 409. The predicted octanol–water partition coefficient (Wildman–Crippen LogP) is 1.89. The van der Waals surface area contributed by atoms with Gasteiger partial charge in [-0.05, 0) is 38.6 Å². The maximum Gasteiger partial charge on any atom is 0.123 e. The summed E-state index contributed by atoms with van der Waals surface area (Å²) in [4.78, 5) is 2.31. The Balaban J connectivity index is 2.10. The number of hydrogen-bond donors (Lipinski definition) is 1. The SMILES string of the molecule is COc1ccc(N)cc1CN(C)C1CCOC1C. The zero-order valence-corrected chi connectivity index (χ0v) is 11.3. The van der Waals surface area contributed by atoms with Gasteiger partial charge in [0.25, 0.3) is 0 Å². The summed E-state index contributed by atoms with van der Waals surface area (Å²) in [5.74, 6) is 0.891. The van der Waals surface area contributed by atoms with Crippen LogP contribution in [0.4, 0.5) is 5.69 Å². The third-order valence-electron chi connectivity index (χ3n) is 3.63. The van der Waals surface area contributed by atoms with E-state index in [1.165, 1.54) is 0 Å². The molecular weight excluding hydrogens is 228 g/mol. The second-order valence-electron chi connectivity index (χ2n) is 4.92. The third-order valence-corrected chi connectivity index (χ3v) is 3.63. The highest BCUT2D eigenvalue weighted by Crippen LogP contribution is 2.25. The Morgan fingerprint density at radius 1 is 1.50 bits per heavy atom. The van der Waals surface area contributed by atoms with Crippen molar-refractivity contribution < 1.29 is 9.47 Å². The van der Waals surface area contributed by atoms with Gasteiger partial charge in [-0.25, -0.2) is 0 Å². The second kappa shape index (κ2) is 5.59. The van der Waals surface area contributed by atoms with Crippen molar-refractivity contribution in [3.8, 4) is 5.75 Å². The summed E-state index contributed by atoms with van der Waals surface area (Å²) in [5.41, 5.74) is 7.74. The summed E-state index contributed by atoms with van der Waals surface area (Å²) >= 11 is 0. The van der Waals surface area contributed by atoms with Gasteiger partial charge in [0.1, 0.15) is 5.75 Å². The van der Waals surface area contributed by atoms with E-state index in [-0.39, 0.29) is 0 Å². The Morgan fingerprint density at radius 2 is 2.28 bits per heavy atom. The van der Waals surface area contributed by atoms with Crippen LogP contribution in [0.25, 0.3) is 0 Å². The highest BCUT2D eigenvalue weighted by atomic mass is 16.5. The topological polar surface area (TPSA) is 47.7 Å². The van der Waals surface area contributed by atoms with Crippen molar-refractivity contribution in [1.29, 1.82) is 0 Å². The van der Waals surface area contributed by atoms with E-state index in [1.54, 1.807) is 7.11 Å². The fourth-order valence-corrected chi connectivity index (χ4v) is 2.61. The number of benzene rings is 1. The average Bonchev–Trinajstić information content (AvgIpc) is 2.76. The lowest BCUT2D eigenvalue weighted by Gasteiger charge is -2.27. The van der Waals surface area contributed by atoms with Crippen LogP contribution in [-0.4, -0.2) is 37.8 Å². The maximum absolute atomic E-state index is 5.84. The van der Waals surface area contributed by atoms with Gasteiger partial charge in [-0.1, -0.05) is 0 Å². The van der Waals surface area contributed by atoms with Gasteiger partial charge in [0.05, 0.1) is 13.2 Å². The molecular formula is C14H22N2O2. The second-order valence-corrected chi connectivity index (χ2v) is 4.92. The molecule has 2 unspecified atom stereocenters. The third kappa shape index (κ3) is 2.76. The van der Waals surface area contributed by atoms with E-state index >= 15 is 0 Å². The van der Waals surface area contributed by atoms with Crippen LogP contribution in [0.3, 0.4) is 0 Å². The molecule has 2 rings (SSSR count). The molecule has 2 N–H and O–H groups in total. The fourth-order valence-electron chi connectivity index (χ4n) is 2.61. The minimum absolute atomic E-state index is 0.294. The number of methoxy groups -OCH3 is 1. The van der Waals surface area contributed by atoms with Gasteiger partial charge in [-0.15, -0.1) is 0 Å². The molecule has 2 atom stereocenters. The van der Waals surface area contributed by atoms with E-state index in [4.69, 9.17) is 15.2 Å². The van der Waals surface area contributed by atoms with E-state index in [9.17, 15) is 0 Å². The Labute approximate surface area is 109 Å². The van der Waals surface area contributed by atoms with Gasteiger partial charge in [-0.2, -0.15) is 0 Å². The first-order chi connectivity index (χ1) is 8.61. The molecule has 1 aliphatic heterocycles. The molecule has 0 amide bonds. The number of nitrogens with zero attached hydrogens (tertiary/aromatic N) is 1. The van der Waals surface area contributed by atoms with E-state index in [1.807, 2.05) is 18.2 Å². The van der Waals surface area contributed by atoms with Crippen molar-refractivity contribution in [2.24, 2.45) is 0 Å². The van der Waals surface area contributed by atoms with Crippen molar-refractivity contribution in [3.63, 3.8) is 0 Å². The molecule has 4 nitrogen and oxygen atoms in total. The van der Waals surface area contributed by atoms with Crippen LogP contribution in [0.5, 0.6) is 5.75 Å². The van der Waals surface area contributed by atoms with Crippen molar-refractivity contribution in [2.45, 2.75) is 32.0 Å². The normalized spacial score (nSPS) is 23.6. The first-order valence-electron chi connectivity index (χ1n) is 6.36. The minimum atomic E-state index is 0.294. The summed E-state index contributed by atoms with van der Waals surface area (Å²) in [6.45, 7) is 3.81. The molecule has 4 heteroatoms. The molecule has 100 valence electrons. The van der Waals surface area contributed by atoms with Gasteiger partial charge < -0.3 is 15.2 Å². The molecule has 1 aliphatic rings. The van der Waals surface area contributed by atoms with Gasteiger partial charge in [-0.3, -0.25) is 4.90 Å². The van der Waals surface area contributed by atoms with E-state index in [2.05, 4.69) is 18.9 Å². The van der Waals surface area contributed by atoms with Crippen LogP contribution >= 0.6 is 0 Å². The zero-order valence-electron chi connectivity index (χ0n) is 11.3. The van der Waals surface area contributed by atoms with Crippen LogP contribution < -0.4 is 10.5 Å². The lowest BCUT2D eigenvalue weighted by Crippen LogP contribution is -2.36. The number of ether oxygens (including phenoxy) is 2. The predicted molar refractivity (Wildman–Crippen MR) is 72.7 cm³/mol. The highest BCUT2D eigenvalue weighted by Gasteiger charge is 2.28. The van der Waals surface area contributed by atoms with Crippen molar-refractivity contribution in [2.75, 3.05) is 26.5 Å². The van der Waals surface area contributed by atoms with Crippen molar-refractivity contribution in [3.05, 3.63) is 23.8 Å². The van der Waals surface area contributed by atoms with E-state index in [0.29, 0.717) is 12.1 Å². The molecule has 0 aromatic heterocycles. The number of nitrogens with two attached hydrogens (primary N) is 1.